The Morgan fingerprint density at radius 3 is 1.80 bits per heavy atom. The lowest BCUT2D eigenvalue weighted by Gasteiger charge is -2.47. The van der Waals surface area contributed by atoms with Crippen LogP contribution in [-0.2, 0) is 53.1 Å². The van der Waals surface area contributed by atoms with Crippen molar-refractivity contribution in [2.45, 2.75) is 109 Å². The third-order valence-electron chi connectivity index (χ3n) is 8.10. The minimum Gasteiger partial charge on any atom is -0.480 e. The van der Waals surface area contributed by atoms with Crippen LogP contribution >= 0.6 is 0 Å². The molecule has 6 atom stereocenters. The van der Waals surface area contributed by atoms with E-state index in [0.717, 1.165) is 16.7 Å². The summed E-state index contributed by atoms with van der Waals surface area (Å²) in [5.41, 5.74) is 2.15. The van der Waals surface area contributed by atoms with Crippen molar-refractivity contribution in [1.82, 2.24) is 10.6 Å². The molecule has 50 heavy (non-hydrogen) atoms. The van der Waals surface area contributed by atoms with Crippen molar-refractivity contribution >= 4 is 18.0 Å². The van der Waals surface area contributed by atoms with Gasteiger partial charge in [0.05, 0.1) is 38.6 Å². The van der Waals surface area contributed by atoms with Gasteiger partial charge in [0.2, 0.25) is 5.91 Å². The van der Waals surface area contributed by atoms with Crippen molar-refractivity contribution in [1.29, 1.82) is 0 Å². The first-order chi connectivity index (χ1) is 24.0. The highest BCUT2D eigenvalue weighted by molar-refractivity contribution is 5.80. The number of carbonyl (C=O) groups is 3. The van der Waals surface area contributed by atoms with E-state index >= 15 is 0 Å². The normalized spacial score (nSPS) is 21.2. The number of carboxylic acid groups (broad SMARTS) is 1. The largest absolute Gasteiger partial charge is 0.480 e. The van der Waals surface area contributed by atoms with Crippen LogP contribution in [0.5, 0.6) is 0 Å². The second-order valence-electron chi connectivity index (χ2n) is 13.4. The first kappa shape index (κ1) is 38.5. The highest BCUT2D eigenvalue weighted by Gasteiger charge is 2.48. The number of aliphatic carboxylic acids is 1. The highest BCUT2D eigenvalue weighted by Crippen LogP contribution is 2.31. The second-order valence-corrected chi connectivity index (χ2v) is 13.4. The zero-order valence-electron chi connectivity index (χ0n) is 29.3. The van der Waals surface area contributed by atoms with E-state index in [9.17, 15) is 19.5 Å². The van der Waals surface area contributed by atoms with Crippen LogP contribution < -0.4 is 10.6 Å². The van der Waals surface area contributed by atoms with Gasteiger partial charge in [0.1, 0.15) is 30.0 Å². The molecule has 0 saturated carbocycles. The Morgan fingerprint density at radius 1 is 0.780 bits per heavy atom. The zero-order valence-corrected chi connectivity index (χ0v) is 29.3. The summed E-state index contributed by atoms with van der Waals surface area (Å²) in [5.74, 6) is -1.45. The Balaban J connectivity index is 1.58. The Bertz CT molecular complexity index is 1470. The molecule has 1 aliphatic rings. The Morgan fingerprint density at radius 2 is 1.30 bits per heavy atom. The molecule has 0 radical (unpaired) electrons. The molecule has 2 amide bonds. The molecule has 0 aliphatic carbocycles. The maximum absolute atomic E-state index is 12.7. The van der Waals surface area contributed by atoms with Gasteiger partial charge in [-0.1, -0.05) is 91.0 Å². The van der Waals surface area contributed by atoms with Gasteiger partial charge in [-0.25, -0.2) is 9.59 Å². The van der Waals surface area contributed by atoms with Gasteiger partial charge in [-0.3, -0.25) is 4.79 Å². The van der Waals surface area contributed by atoms with Gasteiger partial charge in [-0.2, -0.15) is 0 Å². The quantitative estimate of drug-likeness (QED) is 0.160. The van der Waals surface area contributed by atoms with E-state index in [2.05, 4.69) is 10.6 Å². The van der Waals surface area contributed by atoms with E-state index in [1.165, 1.54) is 6.92 Å². The zero-order chi connectivity index (χ0) is 35.9. The predicted molar refractivity (Wildman–Crippen MR) is 187 cm³/mol. The van der Waals surface area contributed by atoms with E-state index < -0.39 is 54.2 Å². The topological polar surface area (TPSA) is 142 Å². The van der Waals surface area contributed by atoms with Crippen molar-refractivity contribution in [2.75, 3.05) is 6.61 Å². The summed E-state index contributed by atoms with van der Waals surface area (Å²) in [6.07, 6.45) is -2.45. The summed E-state index contributed by atoms with van der Waals surface area (Å²) in [7, 11) is 0. The smallest absolute Gasteiger partial charge is 0.408 e. The Hall–Kier alpha value is -4.29. The van der Waals surface area contributed by atoms with Crippen molar-refractivity contribution in [3.05, 3.63) is 108 Å². The summed E-state index contributed by atoms with van der Waals surface area (Å²) in [6, 6.07) is 27.5. The van der Waals surface area contributed by atoms with Crippen molar-refractivity contribution < 1.29 is 43.2 Å². The average molecular weight is 691 g/mol. The van der Waals surface area contributed by atoms with Crippen LogP contribution in [0.15, 0.2) is 91.0 Å². The number of alkyl carbamates (subject to hydrolysis) is 1. The molecule has 0 spiro atoms. The molecule has 11 heteroatoms. The molecule has 1 fully saturated rings. The lowest BCUT2D eigenvalue weighted by molar-refractivity contribution is -0.233. The van der Waals surface area contributed by atoms with Gasteiger partial charge < -0.3 is 39.4 Å². The van der Waals surface area contributed by atoms with Crippen LogP contribution in [0.3, 0.4) is 0 Å². The van der Waals surface area contributed by atoms with E-state index in [4.69, 9.17) is 23.7 Å². The summed E-state index contributed by atoms with van der Waals surface area (Å²) < 4.78 is 31.4. The van der Waals surface area contributed by atoms with Gasteiger partial charge in [0, 0.05) is 6.92 Å². The number of carboxylic acids is 1. The molecule has 1 heterocycles. The number of benzene rings is 3. The number of hydrogen-bond acceptors (Lipinski definition) is 8. The number of carbonyl (C=O) groups excluding carboxylic acids is 2. The van der Waals surface area contributed by atoms with Crippen LogP contribution in [0.25, 0.3) is 0 Å². The van der Waals surface area contributed by atoms with Crippen LogP contribution in [-0.4, -0.2) is 71.8 Å². The lowest BCUT2D eigenvalue weighted by Crippen LogP contribution is -2.65. The molecule has 1 saturated heterocycles. The Labute approximate surface area is 294 Å². The summed E-state index contributed by atoms with van der Waals surface area (Å²) in [5, 5.41) is 15.4. The van der Waals surface area contributed by atoms with Gasteiger partial charge in [-0.05, 0) is 56.7 Å². The lowest BCUT2D eigenvalue weighted by atomic mass is 9.89. The summed E-state index contributed by atoms with van der Waals surface area (Å²) in [4.78, 5) is 37.1. The number of rotatable bonds is 17. The first-order valence-electron chi connectivity index (χ1n) is 17.1. The minimum atomic E-state index is -1.18. The third kappa shape index (κ3) is 12.9. The fourth-order valence-electron chi connectivity index (χ4n) is 5.84. The summed E-state index contributed by atoms with van der Waals surface area (Å²) in [6.45, 7) is 7.64. The van der Waals surface area contributed by atoms with Crippen molar-refractivity contribution in [3.63, 3.8) is 0 Å². The second kappa shape index (κ2) is 19.2. The van der Waals surface area contributed by atoms with E-state index in [1.54, 1.807) is 20.8 Å². The molecule has 4 rings (SSSR count). The minimum absolute atomic E-state index is 0.111. The molecule has 11 nitrogen and oxygen atoms in total. The number of nitrogens with one attached hydrogen (secondary N) is 2. The van der Waals surface area contributed by atoms with Gasteiger partial charge in [-0.15, -0.1) is 0 Å². The van der Waals surface area contributed by atoms with Crippen LogP contribution in [0, 0.1) is 0 Å². The standard InChI is InChI=1S/C39H50N2O9/c1-27(42)40-34-32(22-14-21-31(37(43)44)41-38(45)50-39(2,3)4)49-33(26-46-23-28-15-8-5-9-16-28)35(47-24-29-17-10-6-11-18-29)36(34)48-25-30-19-12-7-13-20-30/h5-13,15-20,31-36H,14,21-26H2,1-4H3,(H,40,42)(H,41,45)(H,43,44)/t31-,32-,33+,34+,35+,36+/m0/s1. The molecule has 3 N–H and O–H groups in total. The molecule has 3 aromatic carbocycles. The molecule has 3 aromatic rings. The van der Waals surface area contributed by atoms with Crippen LogP contribution in [0.2, 0.25) is 0 Å². The van der Waals surface area contributed by atoms with Gasteiger partial charge in [0.15, 0.2) is 0 Å². The number of amides is 2. The van der Waals surface area contributed by atoms with Gasteiger partial charge in [0.25, 0.3) is 0 Å². The van der Waals surface area contributed by atoms with Gasteiger partial charge >= 0.3 is 12.1 Å². The fourth-order valence-corrected chi connectivity index (χ4v) is 5.84. The highest BCUT2D eigenvalue weighted by atomic mass is 16.6. The fraction of sp³-hybridized carbons (Fsp3) is 0.462. The molecule has 0 unspecified atom stereocenters. The van der Waals surface area contributed by atoms with E-state index in [-0.39, 0.29) is 32.1 Å². The molecular formula is C39H50N2O9. The molecule has 0 bridgehead atoms. The van der Waals surface area contributed by atoms with E-state index in [0.29, 0.717) is 19.4 Å². The van der Waals surface area contributed by atoms with Crippen LogP contribution in [0.4, 0.5) is 4.79 Å². The Kier molecular flexibility index (Phi) is 14.8. The first-order valence-corrected chi connectivity index (χ1v) is 17.1. The van der Waals surface area contributed by atoms with Crippen molar-refractivity contribution in [2.24, 2.45) is 0 Å². The SMILES string of the molecule is CC(=O)N[C@H]1[C@@H](OCc2ccccc2)[C@H](OCc2ccccc2)[C@@H](COCc2ccccc2)O[C@H]1CCC[C@H](NC(=O)OC(C)(C)C)C(=O)O. The molecule has 270 valence electrons. The monoisotopic (exact) mass is 690 g/mol. The molecular weight excluding hydrogens is 640 g/mol. The van der Waals surface area contributed by atoms with Crippen LogP contribution in [0.1, 0.15) is 63.6 Å². The van der Waals surface area contributed by atoms with E-state index in [1.807, 2.05) is 91.0 Å². The third-order valence-corrected chi connectivity index (χ3v) is 8.10. The predicted octanol–water partition coefficient (Wildman–Crippen LogP) is 5.79. The number of hydrogen-bond donors (Lipinski definition) is 3. The van der Waals surface area contributed by atoms with Crippen molar-refractivity contribution in [3.8, 4) is 0 Å². The average Bonchev–Trinajstić information content (AvgIpc) is 3.07. The molecule has 1 aliphatic heterocycles. The maximum atomic E-state index is 12.7. The maximum Gasteiger partial charge on any atom is 0.408 e. The summed E-state index contributed by atoms with van der Waals surface area (Å²) >= 11 is 0. The molecule has 0 aromatic heterocycles. The number of ether oxygens (including phenoxy) is 5.